The molecule has 0 N–H and O–H groups in total. The van der Waals surface area contributed by atoms with Gasteiger partial charge in [-0.05, 0) is 43.0 Å². The fourth-order valence-electron chi connectivity index (χ4n) is 3.24. The number of nitrogens with zero attached hydrogens (tertiary/aromatic N) is 1. The van der Waals surface area contributed by atoms with Crippen molar-refractivity contribution in [3.05, 3.63) is 59.7 Å². The Labute approximate surface area is 175 Å². The van der Waals surface area contributed by atoms with Crippen LogP contribution in [0.1, 0.15) is 64.0 Å². The van der Waals surface area contributed by atoms with Gasteiger partial charge in [-0.25, -0.2) is 0 Å². The summed E-state index contributed by atoms with van der Waals surface area (Å²) >= 11 is 0. The number of amides is 1. The molecule has 2 aromatic carbocycles. The third kappa shape index (κ3) is 7.12. The zero-order chi connectivity index (χ0) is 21.1. The summed E-state index contributed by atoms with van der Waals surface area (Å²) in [4.78, 5) is 14.8. The molecule has 0 spiro atoms. The fraction of sp³-hybridized carbons (Fsp3) is 0.480. The molecular weight excluding hydrogens is 362 g/mol. The highest BCUT2D eigenvalue weighted by Gasteiger charge is 2.19. The summed E-state index contributed by atoms with van der Waals surface area (Å²) in [6.45, 7) is 7.47. The molecule has 4 nitrogen and oxygen atoms in total. The van der Waals surface area contributed by atoms with Gasteiger partial charge in [0, 0.05) is 19.0 Å². The molecule has 1 unspecified atom stereocenters. The van der Waals surface area contributed by atoms with E-state index in [9.17, 15) is 4.79 Å². The first-order chi connectivity index (χ1) is 14.1. The van der Waals surface area contributed by atoms with Crippen LogP contribution in [0.4, 0.5) is 0 Å². The van der Waals surface area contributed by atoms with Crippen molar-refractivity contribution in [3.8, 4) is 11.5 Å². The van der Waals surface area contributed by atoms with Gasteiger partial charge in [0.2, 0.25) is 5.91 Å². The summed E-state index contributed by atoms with van der Waals surface area (Å²) < 4.78 is 11.5. The average Bonchev–Trinajstić information content (AvgIpc) is 2.76. The van der Waals surface area contributed by atoms with E-state index in [0.29, 0.717) is 31.1 Å². The number of hydrogen-bond acceptors (Lipinski definition) is 3. The molecule has 0 saturated heterocycles. The van der Waals surface area contributed by atoms with Crippen LogP contribution < -0.4 is 9.47 Å². The van der Waals surface area contributed by atoms with Crippen molar-refractivity contribution in [2.24, 2.45) is 0 Å². The van der Waals surface area contributed by atoms with Crippen molar-refractivity contribution >= 4 is 5.91 Å². The van der Waals surface area contributed by atoms with Gasteiger partial charge in [0.25, 0.3) is 0 Å². The molecule has 158 valence electrons. The summed E-state index contributed by atoms with van der Waals surface area (Å²) in [5.74, 6) is 1.64. The van der Waals surface area contributed by atoms with Crippen LogP contribution in [0.25, 0.3) is 0 Å². The van der Waals surface area contributed by atoms with Gasteiger partial charge in [-0.3, -0.25) is 4.79 Å². The fourth-order valence-corrected chi connectivity index (χ4v) is 3.24. The van der Waals surface area contributed by atoms with E-state index in [4.69, 9.17) is 9.47 Å². The third-order valence-electron chi connectivity index (χ3n) is 5.26. The summed E-state index contributed by atoms with van der Waals surface area (Å²) in [6.07, 6.45) is 4.73. The van der Waals surface area contributed by atoms with Crippen molar-refractivity contribution in [2.45, 2.75) is 72.1 Å². The molecule has 0 aliphatic carbocycles. The van der Waals surface area contributed by atoms with Crippen LogP contribution in [0.5, 0.6) is 11.5 Å². The summed E-state index contributed by atoms with van der Waals surface area (Å²) in [5.41, 5.74) is 2.16. The van der Waals surface area contributed by atoms with E-state index in [1.54, 1.807) is 7.11 Å². The van der Waals surface area contributed by atoms with Crippen molar-refractivity contribution in [1.82, 2.24) is 4.90 Å². The van der Waals surface area contributed by atoms with Gasteiger partial charge in [0.05, 0.1) is 7.11 Å². The molecule has 0 aliphatic rings. The van der Waals surface area contributed by atoms with E-state index < -0.39 is 0 Å². The number of ether oxygens (including phenoxy) is 2. The Morgan fingerprint density at radius 1 is 1.00 bits per heavy atom. The first-order valence-electron chi connectivity index (χ1n) is 10.7. The number of methoxy groups -OCH3 is 1. The predicted molar refractivity (Wildman–Crippen MR) is 118 cm³/mol. The summed E-state index contributed by atoms with van der Waals surface area (Å²) in [6, 6.07) is 16.2. The van der Waals surface area contributed by atoms with Gasteiger partial charge in [0.1, 0.15) is 6.61 Å². The Hall–Kier alpha value is -2.49. The molecule has 0 saturated carbocycles. The highest BCUT2D eigenvalue weighted by atomic mass is 16.5. The molecule has 29 heavy (non-hydrogen) atoms. The molecule has 0 fully saturated rings. The minimum Gasteiger partial charge on any atom is -0.493 e. The monoisotopic (exact) mass is 397 g/mol. The molecule has 0 aliphatic heterocycles. The predicted octanol–water partition coefficient (Wildman–Crippen LogP) is 5.98. The Kier molecular flexibility index (Phi) is 9.55. The number of rotatable bonds is 12. The van der Waals surface area contributed by atoms with Crippen molar-refractivity contribution in [1.29, 1.82) is 0 Å². The Morgan fingerprint density at radius 2 is 1.76 bits per heavy atom. The van der Waals surface area contributed by atoms with Crippen LogP contribution in [0.15, 0.2) is 48.5 Å². The number of carbonyl (C=O) groups is 1. The minimum atomic E-state index is 0.208. The second kappa shape index (κ2) is 12.2. The lowest BCUT2D eigenvalue weighted by Gasteiger charge is -2.29. The van der Waals surface area contributed by atoms with Crippen molar-refractivity contribution in [2.75, 3.05) is 7.11 Å². The van der Waals surface area contributed by atoms with Gasteiger partial charge in [0.15, 0.2) is 11.5 Å². The second-order valence-corrected chi connectivity index (χ2v) is 7.50. The van der Waals surface area contributed by atoms with Gasteiger partial charge in [-0.15, -0.1) is 0 Å². The van der Waals surface area contributed by atoms with E-state index in [2.05, 4.69) is 20.8 Å². The highest BCUT2D eigenvalue weighted by Crippen LogP contribution is 2.30. The van der Waals surface area contributed by atoms with Gasteiger partial charge >= 0.3 is 0 Å². The Bertz CT molecular complexity index is 745. The van der Waals surface area contributed by atoms with Gasteiger partial charge < -0.3 is 14.4 Å². The first-order valence-corrected chi connectivity index (χ1v) is 10.7. The minimum absolute atomic E-state index is 0.208. The van der Waals surface area contributed by atoms with Crippen molar-refractivity contribution < 1.29 is 14.3 Å². The molecule has 4 heteroatoms. The zero-order valence-corrected chi connectivity index (χ0v) is 18.3. The second-order valence-electron chi connectivity index (χ2n) is 7.50. The van der Waals surface area contributed by atoms with Crippen LogP contribution in [0.2, 0.25) is 0 Å². The van der Waals surface area contributed by atoms with Crippen LogP contribution in [-0.2, 0) is 17.9 Å². The molecule has 0 bridgehead atoms. The SMILES string of the molecule is CCCCCC(=O)N(Cc1ccc(OC)c(OCc2ccccc2)c1)C(C)CC. The maximum atomic E-state index is 12.8. The number of carbonyl (C=O) groups excluding carboxylic acids is 1. The smallest absolute Gasteiger partial charge is 0.223 e. The molecule has 2 aromatic rings. The molecule has 0 heterocycles. The quantitative estimate of drug-likeness (QED) is 0.413. The zero-order valence-electron chi connectivity index (χ0n) is 18.3. The summed E-state index contributed by atoms with van der Waals surface area (Å²) in [5, 5.41) is 0. The van der Waals surface area contributed by atoms with E-state index in [1.165, 1.54) is 0 Å². The topological polar surface area (TPSA) is 38.8 Å². The molecule has 0 aromatic heterocycles. The van der Waals surface area contributed by atoms with E-state index in [0.717, 1.165) is 36.8 Å². The lowest BCUT2D eigenvalue weighted by Crippen LogP contribution is -2.37. The maximum absolute atomic E-state index is 12.8. The lowest BCUT2D eigenvalue weighted by molar-refractivity contribution is -0.134. The third-order valence-corrected chi connectivity index (χ3v) is 5.26. The maximum Gasteiger partial charge on any atom is 0.223 e. The molecule has 1 amide bonds. The molecule has 2 rings (SSSR count). The van der Waals surface area contributed by atoms with E-state index >= 15 is 0 Å². The largest absolute Gasteiger partial charge is 0.493 e. The van der Waals surface area contributed by atoms with Crippen LogP contribution in [-0.4, -0.2) is 24.0 Å². The van der Waals surface area contributed by atoms with Crippen molar-refractivity contribution in [3.63, 3.8) is 0 Å². The lowest BCUT2D eigenvalue weighted by atomic mass is 10.1. The van der Waals surface area contributed by atoms with Gasteiger partial charge in [-0.2, -0.15) is 0 Å². The Balaban J connectivity index is 2.13. The standard InChI is InChI=1S/C25H35NO3/c1-5-7-9-14-25(27)26(20(3)6-2)18-22-15-16-23(28-4)24(17-22)29-19-21-12-10-8-11-13-21/h8,10-13,15-17,20H,5-7,9,14,18-19H2,1-4H3. The Morgan fingerprint density at radius 3 is 2.41 bits per heavy atom. The average molecular weight is 398 g/mol. The number of unbranched alkanes of at least 4 members (excludes halogenated alkanes) is 2. The normalized spacial score (nSPS) is 11.7. The summed E-state index contributed by atoms with van der Waals surface area (Å²) in [7, 11) is 1.65. The number of hydrogen-bond donors (Lipinski definition) is 0. The highest BCUT2D eigenvalue weighted by molar-refractivity contribution is 5.76. The molecular formula is C25H35NO3. The number of benzene rings is 2. The van der Waals surface area contributed by atoms with Crippen LogP contribution in [0, 0.1) is 0 Å². The molecule has 1 atom stereocenters. The van der Waals surface area contributed by atoms with Gasteiger partial charge in [-0.1, -0.05) is 63.1 Å². The van der Waals surface area contributed by atoms with E-state index in [1.807, 2.05) is 53.4 Å². The molecule has 0 radical (unpaired) electrons. The van der Waals surface area contributed by atoms with Crippen LogP contribution >= 0.6 is 0 Å². The van der Waals surface area contributed by atoms with Crippen LogP contribution in [0.3, 0.4) is 0 Å². The first kappa shape index (κ1) is 22.8. The van der Waals surface area contributed by atoms with E-state index in [-0.39, 0.29) is 11.9 Å².